The molecule has 1 unspecified atom stereocenters. The van der Waals surface area contributed by atoms with Crippen LogP contribution in [0.3, 0.4) is 0 Å². The van der Waals surface area contributed by atoms with Crippen LogP contribution in [0.4, 0.5) is 0 Å². The van der Waals surface area contributed by atoms with Crippen molar-refractivity contribution >= 4 is 5.91 Å². The van der Waals surface area contributed by atoms with Gasteiger partial charge in [-0.15, -0.1) is 0 Å². The van der Waals surface area contributed by atoms with Gasteiger partial charge in [0, 0.05) is 19.5 Å². The third-order valence-corrected chi connectivity index (χ3v) is 3.15. The molecule has 2 heterocycles. The summed E-state index contributed by atoms with van der Waals surface area (Å²) in [7, 11) is 0. The van der Waals surface area contributed by atoms with Crippen LogP contribution in [-0.4, -0.2) is 46.6 Å². The van der Waals surface area contributed by atoms with Crippen molar-refractivity contribution in [3.8, 4) is 0 Å². The van der Waals surface area contributed by atoms with E-state index >= 15 is 0 Å². The van der Waals surface area contributed by atoms with Crippen LogP contribution in [0, 0.1) is 6.92 Å². The summed E-state index contributed by atoms with van der Waals surface area (Å²) in [5, 5.41) is 6.97. The van der Waals surface area contributed by atoms with Gasteiger partial charge in [-0.25, -0.2) is 0 Å². The first-order valence-corrected chi connectivity index (χ1v) is 6.52. The van der Waals surface area contributed by atoms with Crippen LogP contribution < -0.4 is 5.32 Å². The van der Waals surface area contributed by atoms with E-state index in [1.807, 2.05) is 11.8 Å². The second-order valence-corrected chi connectivity index (χ2v) is 4.56. The Kier molecular flexibility index (Phi) is 4.30. The molecule has 6 heteroatoms. The van der Waals surface area contributed by atoms with Crippen LogP contribution in [0.15, 0.2) is 4.52 Å². The molecule has 1 amide bonds. The topological polar surface area (TPSA) is 71.3 Å². The normalized spacial score (nSPS) is 20.4. The molecule has 0 aromatic carbocycles. The predicted molar refractivity (Wildman–Crippen MR) is 66.0 cm³/mol. The molecular formula is C12H20N4O2. The lowest BCUT2D eigenvalue weighted by molar-refractivity contribution is -0.135. The zero-order valence-corrected chi connectivity index (χ0v) is 11.0. The highest BCUT2D eigenvalue weighted by atomic mass is 16.5. The maximum absolute atomic E-state index is 12.1. The lowest BCUT2D eigenvalue weighted by atomic mass is 10.0. The van der Waals surface area contributed by atoms with Gasteiger partial charge >= 0.3 is 0 Å². The van der Waals surface area contributed by atoms with Gasteiger partial charge in [0.2, 0.25) is 11.8 Å². The van der Waals surface area contributed by atoms with Crippen LogP contribution in [0.1, 0.15) is 31.5 Å². The van der Waals surface area contributed by atoms with Crippen LogP contribution >= 0.6 is 0 Å². The van der Waals surface area contributed by atoms with E-state index in [1.165, 1.54) is 0 Å². The fraction of sp³-hybridized carbons (Fsp3) is 0.750. The van der Waals surface area contributed by atoms with Crippen LogP contribution in [-0.2, 0) is 11.2 Å². The summed E-state index contributed by atoms with van der Waals surface area (Å²) in [6, 6.07) is -0.0202. The molecule has 0 bridgehead atoms. The van der Waals surface area contributed by atoms with Gasteiger partial charge in [-0.3, -0.25) is 4.79 Å². The van der Waals surface area contributed by atoms with Gasteiger partial charge < -0.3 is 14.7 Å². The summed E-state index contributed by atoms with van der Waals surface area (Å²) in [6.45, 7) is 6.12. The van der Waals surface area contributed by atoms with E-state index in [9.17, 15) is 4.79 Å². The number of aryl methyl sites for hydroxylation is 1. The number of nitrogens with one attached hydrogen (secondary N) is 1. The Morgan fingerprint density at radius 3 is 3.06 bits per heavy atom. The molecule has 0 aliphatic carbocycles. The Labute approximate surface area is 107 Å². The first-order valence-electron chi connectivity index (χ1n) is 6.52. The quantitative estimate of drug-likeness (QED) is 0.827. The second kappa shape index (κ2) is 5.95. The molecule has 18 heavy (non-hydrogen) atoms. The summed E-state index contributed by atoms with van der Waals surface area (Å²) in [4.78, 5) is 18.2. The van der Waals surface area contributed by atoms with E-state index in [0.29, 0.717) is 24.7 Å². The first kappa shape index (κ1) is 13.0. The molecule has 1 aliphatic heterocycles. The molecule has 6 nitrogen and oxygen atoms in total. The number of rotatable bonds is 5. The Morgan fingerprint density at radius 2 is 2.39 bits per heavy atom. The van der Waals surface area contributed by atoms with Gasteiger partial charge in [0.25, 0.3) is 0 Å². The molecule has 1 saturated heterocycles. The van der Waals surface area contributed by atoms with Crippen LogP contribution in [0.25, 0.3) is 0 Å². The minimum Gasteiger partial charge on any atom is -0.341 e. The number of hydrogen-bond donors (Lipinski definition) is 1. The number of piperidine rings is 1. The lowest BCUT2D eigenvalue weighted by Gasteiger charge is -2.32. The zero-order chi connectivity index (χ0) is 13.0. The zero-order valence-electron chi connectivity index (χ0n) is 11.0. The number of aromatic nitrogens is 2. The van der Waals surface area contributed by atoms with Crippen LogP contribution in [0.5, 0.6) is 0 Å². The number of carbonyl (C=O) groups is 1. The van der Waals surface area contributed by atoms with Gasteiger partial charge in [0.1, 0.15) is 0 Å². The Bertz CT molecular complexity index is 403. The molecule has 0 saturated carbocycles. The van der Waals surface area contributed by atoms with Crippen molar-refractivity contribution in [1.82, 2.24) is 20.4 Å². The number of amides is 1. The number of likely N-dealkylation sites (tertiary alicyclic amines) is 1. The van der Waals surface area contributed by atoms with Gasteiger partial charge in [0.15, 0.2) is 5.82 Å². The van der Waals surface area contributed by atoms with Crippen molar-refractivity contribution in [1.29, 1.82) is 0 Å². The molecule has 100 valence electrons. The molecule has 1 N–H and O–H groups in total. The highest BCUT2D eigenvalue weighted by Gasteiger charge is 2.27. The van der Waals surface area contributed by atoms with Gasteiger partial charge in [-0.1, -0.05) is 12.1 Å². The molecule has 1 atom stereocenters. The lowest BCUT2D eigenvalue weighted by Crippen LogP contribution is -2.51. The maximum Gasteiger partial charge on any atom is 0.239 e. The minimum absolute atomic E-state index is 0.0202. The molecular weight excluding hydrogens is 232 g/mol. The summed E-state index contributed by atoms with van der Waals surface area (Å²) in [5.74, 6) is 1.44. The van der Waals surface area contributed by atoms with Gasteiger partial charge in [0.05, 0.1) is 6.04 Å². The Hall–Kier alpha value is -1.43. The number of carbonyl (C=O) groups excluding carboxylic acids is 1. The molecule has 0 spiro atoms. The minimum atomic E-state index is -0.0202. The third kappa shape index (κ3) is 3.07. The average Bonchev–Trinajstić information content (AvgIpc) is 2.77. The predicted octanol–water partition coefficient (Wildman–Crippen LogP) is 0.521. The first-order chi connectivity index (χ1) is 8.70. The molecule has 1 aliphatic rings. The number of likely N-dealkylation sites (N-methyl/N-ethyl adjacent to an activating group) is 1. The Balaban J connectivity index is 1.86. The van der Waals surface area contributed by atoms with Crippen molar-refractivity contribution in [3.63, 3.8) is 0 Å². The standard InChI is InChI=1S/C12H20N4O2/c1-3-13-10-5-4-7-16(12(10)17)8-6-11-14-9(2)15-18-11/h10,13H,3-8H2,1-2H3. The maximum atomic E-state index is 12.1. The number of hydrogen-bond acceptors (Lipinski definition) is 5. The highest BCUT2D eigenvalue weighted by Crippen LogP contribution is 2.12. The summed E-state index contributed by atoms with van der Waals surface area (Å²) < 4.78 is 5.05. The Morgan fingerprint density at radius 1 is 1.56 bits per heavy atom. The van der Waals surface area contributed by atoms with Crippen molar-refractivity contribution < 1.29 is 9.32 Å². The molecule has 2 rings (SSSR count). The molecule has 1 fully saturated rings. The van der Waals surface area contributed by atoms with E-state index < -0.39 is 0 Å². The monoisotopic (exact) mass is 252 g/mol. The van der Waals surface area contributed by atoms with Gasteiger partial charge in [-0.2, -0.15) is 4.98 Å². The van der Waals surface area contributed by atoms with E-state index in [1.54, 1.807) is 6.92 Å². The molecule has 0 radical (unpaired) electrons. The average molecular weight is 252 g/mol. The molecule has 1 aromatic heterocycles. The highest BCUT2D eigenvalue weighted by molar-refractivity contribution is 5.82. The van der Waals surface area contributed by atoms with Crippen molar-refractivity contribution in [2.24, 2.45) is 0 Å². The SMILES string of the molecule is CCNC1CCCN(CCc2nc(C)no2)C1=O. The fourth-order valence-corrected chi connectivity index (χ4v) is 2.27. The largest absolute Gasteiger partial charge is 0.341 e. The smallest absolute Gasteiger partial charge is 0.239 e. The van der Waals surface area contributed by atoms with E-state index in [0.717, 1.165) is 25.9 Å². The number of nitrogens with zero attached hydrogens (tertiary/aromatic N) is 3. The molecule has 1 aromatic rings. The fourth-order valence-electron chi connectivity index (χ4n) is 2.27. The van der Waals surface area contributed by atoms with Crippen molar-refractivity contribution in [2.45, 2.75) is 39.2 Å². The van der Waals surface area contributed by atoms with E-state index in [2.05, 4.69) is 15.5 Å². The third-order valence-electron chi connectivity index (χ3n) is 3.15. The summed E-state index contributed by atoms with van der Waals surface area (Å²) >= 11 is 0. The summed E-state index contributed by atoms with van der Waals surface area (Å²) in [6.07, 6.45) is 2.61. The second-order valence-electron chi connectivity index (χ2n) is 4.56. The van der Waals surface area contributed by atoms with E-state index in [-0.39, 0.29) is 11.9 Å². The van der Waals surface area contributed by atoms with Crippen LogP contribution in [0.2, 0.25) is 0 Å². The van der Waals surface area contributed by atoms with Crippen molar-refractivity contribution in [3.05, 3.63) is 11.7 Å². The van der Waals surface area contributed by atoms with Gasteiger partial charge in [-0.05, 0) is 26.3 Å². The van der Waals surface area contributed by atoms with Crippen molar-refractivity contribution in [2.75, 3.05) is 19.6 Å². The summed E-state index contributed by atoms with van der Waals surface area (Å²) in [5.41, 5.74) is 0. The van der Waals surface area contributed by atoms with E-state index in [4.69, 9.17) is 4.52 Å².